The van der Waals surface area contributed by atoms with E-state index in [4.69, 9.17) is 10.2 Å². The summed E-state index contributed by atoms with van der Waals surface area (Å²) in [4.78, 5) is 3.94. The van der Waals surface area contributed by atoms with Crippen molar-refractivity contribution in [3.05, 3.63) is 42.9 Å². The molecule has 2 aromatic rings. The highest BCUT2D eigenvalue weighted by Crippen LogP contribution is 2.12. The molecule has 0 bridgehead atoms. The second-order valence-electron chi connectivity index (χ2n) is 2.92. The maximum absolute atomic E-state index is 5.92. The third-order valence-corrected chi connectivity index (χ3v) is 1.94. The first-order chi connectivity index (χ1) is 6.36. The minimum absolute atomic E-state index is 0.0343. The van der Waals surface area contributed by atoms with Crippen LogP contribution in [0.25, 0.3) is 0 Å². The molecular formula is C9H11N3O. The van der Waals surface area contributed by atoms with E-state index in [0.29, 0.717) is 0 Å². The number of imidazole rings is 1. The van der Waals surface area contributed by atoms with Gasteiger partial charge in [-0.25, -0.2) is 4.98 Å². The number of hydrogen-bond donors (Lipinski definition) is 1. The Morgan fingerprint density at radius 1 is 1.62 bits per heavy atom. The van der Waals surface area contributed by atoms with Crippen LogP contribution in [0.15, 0.2) is 41.7 Å². The van der Waals surface area contributed by atoms with Crippen molar-refractivity contribution in [2.45, 2.75) is 12.6 Å². The number of nitrogens with zero attached hydrogens (tertiary/aromatic N) is 2. The van der Waals surface area contributed by atoms with Gasteiger partial charge in [-0.15, -0.1) is 0 Å². The predicted octanol–water partition coefficient (Wildman–Crippen LogP) is 1.18. The molecule has 2 aromatic heterocycles. The van der Waals surface area contributed by atoms with E-state index < -0.39 is 0 Å². The van der Waals surface area contributed by atoms with Gasteiger partial charge in [0, 0.05) is 24.5 Å². The molecule has 2 rings (SSSR count). The first-order valence-corrected chi connectivity index (χ1v) is 4.09. The molecule has 0 saturated carbocycles. The van der Waals surface area contributed by atoms with E-state index in [2.05, 4.69) is 4.98 Å². The third kappa shape index (κ3) is 1.78. The highest BCUT2D eigenvalue weighted by Gasteiger charge is 2.06. The molecule has 13 heavy (non-hydrogen) atoms. The van der Waals surface area contributed by atoms with Crippen LogP contribution >= 0.6 is 0 Å². The number of aromatic nitrogens is 2. The largest absolute Gasteiger partial charge is 0.472 e. The van der Waals surface area contributed by atoms with Gasteiger partial charge in [0.05, 0.1) is 24.9 Å². The molecule has 0 radical (unpaired) electrons. The zero-order valence-electron chi connectivity index (χ0n) is 7.13. The predicted molar refractivity (Wildman–Crippen MR) is 47.9 cm³/mol. The maximum atomic E-state index is 5.92. The fraction of sp³-hybridized carbons (Fsp3) is 0.222. The van der Waals surface area contributed by atoms with Crippen LogP contribution in [0.3, 0.4) is 0 Å². The molecule has 1 atom stereocenters. The molecule has 0 aliphatic carbocycles. The van der Waals surface area contributed by atoms with E-state index in [-0.39, 0.29) is 6.04 Å². The van der Waals surface area contributed by atoms with Crippen LogP contribution in [0, 0.1) is 0 Å². The summed E-state index contributed by atoms with van der Waals surface area (Å²) in [6.45, 7) is 0.722. The van der Waals surface area contributed by atoms with Crippen LogP contribution < -0.4 is 5.73 Å². The normalized spacial score (nSPS) is 13.0. The Morgan fingerprint density at radius 2 is 2.54 bits per heavy atom. The molecule has 0 saturated heterocycles. The van der Waals surface area contributed by atoms with Gasteiger partial charge >= 0.3 is 0 Å². The van der Waals surface area contributed by atoms with E-state index in [1.807, 2.05) is 16.8 Å². The van der Waals surface area contributed by atoms with E-state index in [9.17, 15) is 0 Å². The molecule has 0 amide bonds. The van der Waals surface area contributed by atoms with Crippen molar-refractivity contribution in [3.8, 4) is 0 Å². The molecule has 4 heteroatoms. The number of hydrogen-bond acceptors (Lipinski definition) is 3. The summed E-state index contributed by atoms with van der Waals surface area (Å²) in [5.41, 5.74) is 6.93. The van der Waals surface area contributed by atoms with Gasteiger partial charge < -0.3 is 14.7 Å². The second-order valence-corrected chi connectivity index (χ2v) is 2.92. The first kappa shape index (κ1) is 8.07. The van der Waals surface area contributed by atoms with Gasteiger partial charge in [-0.3, -0.25) is 0 Å². The molecule has 1 unspecified atom stereocenters. The molecule has 0 aromatic carbocycles. The lowest BCUT2D eigenvalue weighted by molar-refractivity contribution is 0.540. The monoisotopic (exact) mass is 177 g/mol. The molecule has 0 spiro atoms. The lowest BCUT2D eigenvalue weighted by Crippen LogP contribution is -2.15. The zero-order valence-corrected chi connectivity index (χ0v) is 7.13. The minimum Gasteiger partial charge on any atom is -0.472 e. The zero-order chi connectivity index (χ0) is 9.10. The van der Waals surface area contributed by atoms with Crippen molar-refractivity contribution >= 4 is 0 Å². The van der Waals surface area contributed by atoms with Gasteiger partial charge in [0.25, 0.3) is 0 Å². The van der Waals surface area contributed by atoms with Crippen molar-refractivity contribution in [2.24, 2.45) is 5.73 Å². The molecule has 4 nitrogen and oxygen atoms in total. The van der Waals surface area contributed by atoms with Crippen LogP contribution in [0.1, 0.15) is 11.6 Å². The Hall–Kier alpha value is -1.55. The fourth-order valence-electron chi connectivity index (χ4n) is 1.21. The van der Waals surface area contributed by atoms with Gasteiger partial charge in [-0.2, -0.15) is 0 Å². The standard InChI is InChI=1S/C9H11N3O/c10-9(8-1-4-13-6-8)5-12-3-2-11-7-12/h1-4,6-7,9H,5,10H2. The summed E-state index contributed by atoms with van der Waals surface area (Å²) in [5, 5.41) is 0. The Balaban J connectivity index is 2.04. The summed E-state index contributed by atoms with van der Waals surface area (Å²) < 4.78 is 6.89. The van der Waals surface area contributed by atoms with Crippen molar-refractivity contribution in [1.82, 2.24) is 9.55 Å². The lowest BCUT2D eigenvalue weighted by atomic mass is 10.2. The quantitative estimate of drug-likeness (QED) is 0.765. The van der Waals surface area contributed by atoms with E-state index in [1.54, 1.807) is 25.1 Å². The van der Waals surface area contributed by atoms with Crippen molar-refractivity contribution in [2.75, 3.05) is 0 Å². The van der Waals surface area contributed by atoms with E-state index in [0.717, 1.165) is 12.1 Å². The topological polar surface area (TPSA) is 57.0 Å². The molecule has 2 N–H and O–H groups in total. The highest BCUT2D eigenvalue weighted by atomic mass is 16.3. The summed E-state index contributed by atoms with van der Waals surface area (Å²) >= 11 is 0. The average molecular weight is 177 g/mol. The summed E-state index contributed by atoms with van der Waals surface area (Å²) in [7, 11) is 0. The maximum Gasteiger partial charge on any atom is 0.0950 e. The second kappa shape index (κ2) is 3.45. The van der Waals surface area contributed by atoms with E-state index >= 15 is 0 Å². The van der Waals surface area contributed by atoms with Gasteiger partial charge in [0.15, 0.2) is 0 Å². The Bertz CT molecular complexity index is 339. The van der Waals surface area contributed by atoms with Crippen LogP contribution in [-0.4, -0.2) is 9.55 Å². The fourth-order valence-corrected chi connectivity index (χ4v) is 1.21. The Labute approximate surface area is 76.0 Å². The molecule has 0 fully saturated rings. The highest BCUT2D eigenvalue weighted by molar-refractivity contribution is 5.10. The first-order valence-electron chi connectivity index (χ1n) is 4.09. The minimum atomic E-state index is -0.0343. The van der Waals surface area contributed by atoms with Gasteiger partial charge in [0.2, 0.25) is 0 Å². The van der Waals surface area contributed by atoms with Crippen molar-refractivity contribution in [3.63, 3.8) is 0 Å². The molecular weight excluding hydrogens is 166 g/mol. The molecule has 0 aliphatic rings. The van der Waals surface area contributed by atoms with Crippen LogP contribution in [0.2, 0.25) is 0 Å². The van der Waals surface area contributed by atoms with Crippen LogP contribution in [0.5, 0.6) is 0 Å². The Kier molecular flexibility index (Phi) is 2.14. The number of furan rings is 1. The third-order valence-electron chi connectivity index (χ3n) is 1.94. The summed E-state index contributed by atoms with van der Waals surface area (Å²) in [6, 6.07) is 1.84. The molecule has 0 aliphatic heterocycles. The van der Waals surface area contributed by atoms with Crippen LogP contribution in [-0.2, 0) is 6.54 Å². The van der Waals surface area contributed by atoms with E-state index in [1.165, 1.54) is 0 Å². The van der Waals surface area contributed by atoms with Crippen molar-refractivity contribution < 1.29 is 4.42 Å². The smallest absolute Gasteiger partial charge is 0.0950 e. The van der Waals surface area contributed by atoms with Gasteiger partial charge in [-0.1, -0.05) is 0 Å². The Morgan fingerprint density at radius 3 is 3.15 bits per heavy atom. The molecule has 2 heterocycles. The van der Waals surface area contributed by atoms with Gasteiger partial charge in [-0.05, 0) is 6.07 Å². The number of rotatable bonds is 3. The summed E-state index contributed by atoms with van der Waals surface area (Å²) in [5.74, 6) is 0. The molecule has 68 valence electrons. The average Bonchev–Trinajstić information content (AvgIpc) is 2.74. The summed E-state index contributed by atoms with van der Waals surface area (Å²) in [6.07, 6.45) is 8.67. The van der Waals surface area contributed by atoms with Crippen molar-refractivity contribution in [1.29, 1.82) is 0 Å². The van der Waals surface area contributed by atoms with Gasteiger partial charge in [0.1, 0.15) is 0 Å². The lowest BCUT2D eigenvalue weighted by Gasteiger charge is -2.09. The van der Waals surface area contributed by atoms with Crippen LogP contribution in [0.4, 0.5) is 0 Å². The SMILES string of the molecule is NC(Cn1ccnc1)c1ccoc1. The number of nitrogens with two attached hydrogens (primary N) is 1.